The lowest BCUT2D eigenvalue weighted by molar-refractivity contribution is -0.131. The average Bonchev–Trinajstić information content (AvgIpc) is 3.26. The smallest absolute Gasteiger partial charge is 0.327 e. The zero-order valence-corrected chi connectivity index (χ0v) is 20.8. The molecule has 4 aliphatic carbocycles. The Morgan fingerprint density at radius 2 is 1.97 bits per heavy atom. The molecular weight excluding hydrogens is 431 g/mol. The number of allylic oxidation sites excluding steroid dienone is 1. The number of fused-ring (bicyclic) bond motifs is 5. The van der Waals surface area contributed by atoms with E-state index in [0.717, 1.165) is 44.9 Å². The minimum absolute atomic E-state index is 0.0580. The van der Waals surface area contributed by atoms with Gasteiger partial charge < -0.3 is 18.3 Å². The minimum atomic E-state index is -2.68. The molecule has 0 aromatic heterocycles. The van der Waals surface area contributed by atoms with E-state index in [1.54, 1.807) is 5.57 Å². The van der Waals surface area contributed by atoms with Gasteiger partial charge in [-0.3, -0.25) is 4.79 Å². The van der Waals surface area contributed by atoms with Crippen molar-refractivity contribution in [2.24, 2.45) is 28.6 Å². The van der Waals surface area contributed by atoms with Gasteiger partial charge in [-0.2, -0.15) is 0 Å². The topological polar surface area (TPSA) is 54.0 Å². The van der Waals surface area contributed by atoms with Crippen molar-refractivity contribution < 1.29 is 23.1 Å². The van der Waals surface area contributed by atoms with Gasteiger partial charge in [0.2, 0.25) is 0 Å². The predicted molar refractivity (Wildman–Crippen MR) is 123 cm³/mol. The number of Topliss-reactive ketones (excluding diaryl/α,β-unsaturated/α-hetero) is 1. The number of carbonyl (C=O) groups is 1. The van der Waals surface area contributed by atoms with Gasteiger partial charge in [-0.15, -0.1) is 0 Å². The standard InChI is InChI=1S/C24H37O5PS/c1-4-26-14-18-15-27-30(31,29-18)28-17-9-11-23(2)16(13-17)5-6-19-20-7-8-22(25)24(20,3)12-10-21(19)23/h5,17-21H,4,6-15H2,1-3H3/t17-,18-,19-,20-,21-,23-,24-,30?/m0/s1. The molecule has 0 N–H and O–H groups in total. The Morgan fingerprint density at radius 3 is 2.77 bits per heavy atom. The minimum Gasteiger partial charge on any atom is -0.379 e. The molecule has 5 aliphatic rings. The van der Waals surface area contributed by atoms with Crippen molar-refractivity contribution in [2.75, 3.05) is 19.8 Å². The van der Waals surface area contributed by atoms with E-state index in [0.29, 0.717) is 43.4 Å². The van der Waals surface area contributed by atoms with Crippen LogP contribution in [0.4, 0.5) is 0 Å². The SMILES string of the molecule is CCOC[C@H]1COP(=S)(O[C@H]2CC[C@@]3(C)C(=CC[C@@H]4[C@@H]3CC[C@]3(C)C(=O)CC[C@@H]43)C2)O1. The molecule has 0 amide bonds. The summed E-state index contributed by atoms with van der Waals surface area (Å²) < 4.78 is 23.6. The quantitative estimate of drug-likeness (QED) is 0.388. The van der Waals surface area contributed by atoms with Gasteiger partial charge >= 0.3 is 6.72 Å². The molecule has 0 radical (unpaired) electrons. The normalized spacial score (nSPS) is 49.3. The van der Waals surface area contributed by atoms with E-state index < -0.39 is 6.72 Å². The molecule has 5 rings (SSSR count). The average molecular weight is 469 g/mol. The fourth-order valence-electron chi connectivity index (χ4n) is 7.47. The van der Waals surface area contributed by atoms with Crippen LogP contribution in [0.3, 0.4) is 0 Å². The number of hydrogen-bond acceptors (Lipinski definition) is 6. The molecule has 174 valence electrons. The summed E-state index contributed by atoms with van der Waals surface area (Å²) in [5.74, 6) is 2.45. The number of rotatable bonds is 5. The number of ketones is 1. The highest BCUT2D eigenvalue weighted by Gasteiger charge is 2.58. The van der Waals surface area contributed by atoms with Crippen molar-refractivity contribution in [1.29, 1.82) is 0 Å². The van der Waals surface area contributed by atoms with E-state index in [2.05, 4.69) is 19.9 Å². The van der Waals surface area contributed by atoms with Gasteiger partial charge in [0.1, 0.15) is 11.9 Å². The van der Waals surface area contributed by atoms with Crippen molar-refractivity contribution in [3.63, 3.8) is 0 Å². The van der Waals surface area contributed by atoms with E-state index in [4.69, 9.17) is 30.1 Å². The first kappa shape index (κ1) is 22.7. The van der Waals surface area contributed by atoms with Gasteiger partial charge in [-0.05, 0) is 86.8 Å². The fourth-order valence-corrected chi connectivity index (χ4v) is 9.94. The van der Waals surface area contributed by atoms with Crippen molar-refractivity contribution in [3.05, 3.63) is 11.6 Å². The van der Waals surface area contributed by atoms with Crippen LogP contribution >= 0.6 is 6.72 Å². The molecule has 0 spiro atoms. The zero-order chi connectivity index (χ0) is 21.9. The maximum atomic E-state index is 12.6. The van der Waals surface area contributed by atoms with Gasteiger partial charge in [0, 0.05) is 18.4 Å². The first-order valence-electron chi connectivity index (χ1n) is 12.2. The van der Waals surface area contributed by atoms with Crippen LogP contribution in [0.1, 0.15) is 72.1 Å². The third kappa shape index (κ3) is 3.84. The van der Waals surface area contributed by atoms with Crippen LogP contribution in [0.5, 0.6) is 0 Å². The monoisotopic (exact) mass is 468 g/mol. The molecule has 4 fully saturated rings. The molecule has 1 unspecified atom stereocenters. The highest BCUT2D eigenvalue weighted by molar-refractivity contribution is 8.07. The summed E-state index contributed by atoms with van der Waals surface area (Å²) in [6, 6.07) is 0. The highest BCUT2D eigenvalue weighted by atomic mass is 32.5. The number of ether oxygens (including phenoxy) is 1. The van der Waals surface area contributed by atoms with E-state index in [1.807, 2.05) is 6.92 Å². The van der Waals surface area contributed by atoms with Crippen LogP contribution in [0.25, 0.3) is 0 Å². The lowest BCUT2D eigenvalue weighted by atomic mass is 9.48. The Labute approximate surface area is 191 Å². The van der Waals surface area contributed by atoms with Gasteiger partial charge in [-0.1, -0.05) is 25.5 Å². The summed E-state index contributed by atoms with van der Waals surface area (Å²) in [6.45, 7) is 5.67. The summed E-state index contributed by atoms with van der Waals surface area (Å²) in [7, 11) is 0. The molecule has 0 aromatic rings. The van der Waals surface area contributed by atoms with Crippen molar-refractivity contribution >= 4 is 24.3 Å². The van der Waals surface area contributed by atoms with E-state index >= 15 is 0 Å². The highest BCUT2D eigenvalue weighted by Crippen LogP contribution is 2.65. The Morgan fingerprint density at radius 1 is 1.19 bits per heavy atom. The molecule has 8 atom stereocenters. The van der Waals surface area contributed by atoms with Crippen LogP contribution in [0.15, 0.2) is 11.6 Å². The molecule has 7 heteroatoms. The lowest BCUT2D eigenvalue weighted by Gasteiger charge is -2.57. The molecule has 0 aromatic carbocycles. The molecule has 5 nitrogen and oxygen atoms in total. The first-order valence-corrected chi connectivity index (χ1v) is 14.7. The van der Waals surface area contributed by atoms with Gasteiger partial charge in [0.15, 0.2) is 0 Å². The lowest BCUT2D eigenvalue weighted by Crippen LogP contribution is -2.50. The van der Waals surface area contributed by atoms with E-state index in [9.17, 15) is 4.79 Å². The molecule has 1 heterocycles. The molecular formula is C24H37O5PS. The van der Waals surface area contributed by atoms with Crippen LogP contribution in [-0.2, 0) is 34.9 Å². The summed E-state index contributed by atoms with van der Waals surface area (Å²) in [5, 5.41) is 0. The summed E-state index contributed by atoms with van der Waals surface area (Å²) >= 11 is 5.65. The Hall–Kier alpha value is -0.100. The summed E-state index contributed by atoms with van der Waals surface area (Å²) in [5.41, 5.74) is 1.72. The van der Waals surface area contributed by atoms with Crippen LogP contribution < -0.4 is 0 Å². The Balaban J connectivity index is 1.27. The van der Waals surface area contributed by atoms with Crippen LogP contribution in [-0.4, -0.2) is 37.8 Å². The summed E-state index contributed by atoms with van der Waals surface area (Å²) in [6.07, 6.45) is 10.8. The number of carbonyl (C=O) groups excluding carboxylic acids is 1. The second-order valence-electron chi connectivity index (χ2n) is 10.8. The third-order valence-electron chi connectivity index (χ3n) is 9.25. The molecule has 1 saturated heterocycles. The van der Waals surface area contributed by atoms with Crippen molar-refractivity contribution in [2.45, 2.75) is 84.3 Å². The maximum absolute atomic E-state index is 12.6. The fraction of sp³-hybridized carbons (Fsp3) is 0.875. The van der Waals surface area contributed by atoms with Crippen LogP contribution in [0, 0.1) is 28.6 Å². The zero-order valence-electron chi connectivity index (χ0n) is 19.1. The molecule has 3 saturated carbocycles. The van der Waals surface area contributed by atoms with Crippen LogP contribution in [0.2, 0.25) is 0 Å². The van der Waals surface area contributed by atoms with E-state index in [-0.39, 0.29) is 23.0 Å². The predicted octanol–water partition coefficient (Wildman–Crippen LogP) is 5.58. The molecule has 1 aliphatic heterocycles. The third-order valence-corrected chi connectivity index (χ3v) is 11.7. The van der Waals surface area contributed by atoms with Gasteiger partial charge in [0.05, 0.1) is 19.3 Å². The molecule has 0 bridgehead atoms. The Kier molecular flexibility index (Phi) is 6.06. The van der Waals surface area contributed by atoms with Gasteiger partial charge in [-0.25, -0.2) is 0 Å². The molecule has 31 heavy (non-hydrogen) atoms. The summed E-state index contributed by atoms with van der Waals surface area (Å²) in [4.78, 5) is 12.6. The first-order chi connectivity index (χ1) is 14.8. The maximum Gasteiger partial charge on any atom is 0.327 e. The van der Waals surface area contributed by atoms with Gasteiger partial charge in [0.25, 0.3) is 0 Å². The van der Waals surface area contributed by atoms with Crippen molar-refractivity contribution in [3.8, 4) is 0 Å². The number of hydrogen-bond donors (Lipinski definition) is 0. The largest absolute Gasteiger partial charge is 0.379 e. The van der Waals surface area contributed by atoms with Crippen molar-refractivity contribution in [1.82, 2.24) is 0 Å². The second-order valence-corrected chi connectivity index (χ2v) is 13.7. The van der Waals surface area contributed by atoms with E-state index in [1.165, 1.54) is 6.42 Å². The Bertz CT molecular complexity index is 814. The second kappa shape index (κ2) is 8.29.